The van der Waals surface area contributed by atoms with Crippen molar-refractivity contribution < 1.29 is 4.79 Å². The number of para-hydroxylation sites is 1. The highest BCUT2D eigenvalue weighted by Crippen LogP contribution is 2.35. The number of rotatable bonds is 4. The van der Waals surface area contributed by atoms with Crippen molar-refractivity contribution in [3.63, 3.8) is 0 Å². The number of amides is 1. The molecule has 1 aromatic heterocycles. The molecular formula is C19H16N4OS. The molecule has 0 saturated carbocycles. The lowest BCUT2D eigenvalue weighted by atomic mass is 10.0. The summed E-state index contributed by atoms with van der Waals surface area (Å²) in [5.41, 5.74) is 2.61. The summed E-state index contributed by atoms with van der Waals surface area (Å²) in [6, 6.07) is 20.1. The summed E-state index contributed by atoms with van der Waals surface area (Å²) in [5, 5.41) is 11.8. The van der Waals surface area contributed by atoms with Gasteiger partial charge in [-0.15, -0.1) is 11.3 Å². The molecule has 1 atom stereocenters. The molecule has 1 N–H and O–H groups in total. The third-order valence-corrected chi connectivity index (χ3v) is 4.72. The smallest absolute Gasteiger partial charge is 0.273 e. The number of aromatic nitrogens is 1. The number of carbonyl (C=O) groups excluding carboxylic acids is 1. The predicted octanol–water partition coefficient (Wildman–Crippen LogP) is 4.09. The molecule has 0 saturated heterocycles. The SMILES string of the molecule is O=C(Nc1nccs1)C1=NN(c2ccccc2)[C@@H](c2ccccc2)C1. The first-order chi connectivity index (χ1) is 12.3. The molecular weight excluding hydrogens is 332 g/mol. The van der Waals surface area contributed by atoms with E-state index in [1.807, 2.05) is 58.9 Å². The van der Waals surface area contributed by atoms with E-state index < -0.39 is 0 Å². The molecule has 0 spiro atoms. The standard InChI is InChI=1S/C19H16N4OS/c24-18(21-19-20-11-12-25-19)16-13-17(14-7-3-1-4-8-14)23(22-16)15-9-5-2-6-10-15/h1-12,17H,13H2,(H,20,21,24)/t17-/m1/s1. The maximum Gasteiger partial charge on any atom is 0.273 e. The molecule has 3 aromatic rings. The highest BCUT2D eigenvalue weighted by molar-refractivity contribution is 7.13. The van der Waals surface area contributed by atoms with Gasteiger partial charge in [0.15, 0.2) is 5.13 Å². The van der Waals surface area contributed by atoms with Crippen LogP contribution in [-0.4, -0.2) is 16.6 Å². The first-order valence-electron chi connectivity index (χ1n) is 7.99. The summed E-state index contributed by atoms with van der Waals surface area (Å²) >= 11 is 1.39. The molecule has 1 amide bonds. The fraction of sp³-hybridized carbons (Fsp3) is 0.105. The average molecular weight is 348 g/mol. The van der Waals surface area contributed by atoms with E-state index in [9.17, 15) is 4.79 Å². The Morgan fingerprint density at radius 1 is 1.08 bits per heavy atom. The molecule has 2 aromatic carbocycles. The molecule has 4 rings (SSSR count). The third kappa shape index (κ3) is 3.29. The average Bonchev–Trinajstić information content (AvgIpc) is 3.33. The molecule has 6 heteroatoms. The number of thiazole rings is 1. The number of benzene rings is 2. The van der Waals surface area contributed by atoms with Crippen molar-refractivity contribution in [2.75, 3.05) is 10.3 Å². The second-order valence-corrected chi connectivity index (χ2v) is 6.54. The molecule has 124 valence electrons. The molecule has 1 aliphatic rings. The van der Waals surface area contributed by atoms with Crippen LogP contribution in [0.5, 0.6) is 0 Å². The Bertz CT molecular complexity index is 878. The number of nitrogens with zero attached hydrogens (tertiary/aromatic N) is 3. The molecule has 5 nitrogen and oxygen atoms in total. The van der Waals surface area contributed by atoms with Crippen LogP contribution in [0.3, 0.4) is 0 Å². The van der Waals surface area contributed by atoms with Gasteiger partial charge in [-0.25, -0.2) is 4.98 Å². The van der Waals surface area contributed by atoms with Crippen molar-refractivity contribution in [3.8, 4) is 0 Å². The fourth-order valence-corrected chi connectivity index (χ4v) is 3.38. The Labute approximate surface area is 149 Å². The molecule has 2 heterocycles. The van der Waals surface area contributed by atoms with E-state index in [-0.39, 0.29) is 11.9 Å². The van der Waals surface area contributed by atoms with Crippen LogP contribution < -0.4 is 10.3 Å². The Morgan fingerprint density at radius 3 is 2.48 bits per heavy atom. The lowest BCUT2D eigenvalue weighted by Crippen LogP contribution is -2.21. The number of hydrogen-bond acceptors (Lipinski definition) is 5. The van der Waals surface area contributed by atoms with Gasteiger partial charge in [0.25, 0.3) is 5.91 Å². The van der Waals surface area contributed by atoms with Gasteiger partial charge in [0, 0.05) is 18.0 Å². The molecule has 0 unspecified atom stereocenters. The van der Waals surface area contributed by atoms with Crippen molar-refractivity contribution in [3.05, 3.63) is 77.8 Å². The van der Waals surface area contributed by atoms with Crippen LogP contribution in [0.25, 0.3) is 0 Å². The van der Waals surface area contributed by atoms with Crippen molar-refractivity contribution in [2.45, 2.75) is 12.5 Å². The minimum absolute atomic E-state index is 0.000597. The summed E-state index contributed by atoms with van der Waals surface area (Å²) in [6.07, 6.45) is 2.22. The van der Waals surface area contributed by atoms with Gasteiger partial charge in [-0.05, 0) is 17.7 Å². The van der Waals surface area contributed by atoms with Crippen LogP contribution in [-0.2, 0) is 4.79 Å². The van der Waals surface area contributed by atoms with Crippen molar-refractivity contribution >= 4 is 33.8 Å². The largest absolute Gasteiger partial charge is 0.297 e. The van der Waals surface area contributed by atoms with E-state index in [2.05, 4.69) is 27.5 Å². The Balaban J connectivity index is 1.64. The first kappa shape index (κ1) is 15.5. The number of carbonyl (C=O) groups is 1. The summed E-state index contributed by atoms with van der Waals surface area (Å²) in [6.45, 7) is 0. The van der Waals surface area contributed by atoms with E-state index in [1.165, 1.54) is 11.3 Å². The van der Waals surface area contributed by atoms with Gasteiger partial charge >= 0.3 is 0 Å². The zero-order valence-electron chi connectivity index (χ0n) is 13.4. The molecule has 0 aliphatic carbocycles. The van der Waals surface area contributed by atoms with Crippen LogP contribution in [0.1, 0.15) is 18.0 Å². The van der Waals surface area contributed by atoms with Crippen LogP contribution >= 0.6 is 11.3 Å². The topological polar surface area (TPSA) is 57.6 Å². The van der Waals surface area contributed by atoms with E-state index >= 15 is 0 Å². The van der Waals surface area contributed by atoms with Gasteiger partial charge in [-0.2, -0.15) is 5.10 Å². The van der Waals surface area contributed by atoms with Crippen LogP contribution in [0.4, 0.5) is 10.8 Å². The number of hydrogen-bond donors (Lipinski definition) is 1. The number of nitrogens with one attached hydrogen (secondary N) is 1. The quantitative estimate of drug-likeness (QED) is 0.772. The highest BCUT2D eigenvalue weighted by atomic mass is 32.1. The van der Waals surface area contributed by atoms with E-state index in [1.54, 1.807) is 6.20 Å². The number of anilines is 2. The molecule has 0 radical (unpaired) electrons. The lowest BCUT2D eigenvalue weighted by Gasteiger charge is -2.23. The Hall–Kier alpha value is -2.99. The second kappa shape index (κ2) is 6.86. The van der Waals surface area contributed by atoms with Crippen molar-refractivity contribution in [1.29, 1.82) is 0 Å². The maximum atomic E-state index is 12.6. The Kier molecular flexibility index (Phi) is 4.26. The highest BCUT2D eigenvalue weighted by Gasteiger charge is 2.32. The van der Waals surface area contributed by atoms with Gasteiger partial charge in [-0.1, -0.05) is 48.5 Å². The fourth-order valence-electron chi connectivity index (χ4n) is 2.86. The number of hydrazone groups is 1. The summed E-state index contributed by atoms with van der Waals surface area (Å²) < 4.78 is 0. The normalized spacial score (nSPS) is 16.6. The second-order valence-electron chi connectivity index (χ2n) is 5.65. The van der Waals surface area contributed by atoms with Gasteiger partial charge in [0.05, 0.1) is 11.7 Å². The van der Waals surface area contributed by atoms with Gasteiger partial charge in [0.1, 0.15) is 5.71 Å². The van der Waals surface area contributed by atoms with E-state index in [4.69, 9.17) is 0 Å². The van der Waals surface area contributed by atoms with E-state index in [0.717, 1.165) is 11.3 Å². The molecule has 25 heavy (non-hydrogen) atoms. The zero-order valence-corrected chi connectivity index (χ0v) is 14.2. The van der Waals surface area contributed by atoms with Crippen LogP contribution in [0, 0.1) is 0 Å². The lowest BCUT2D eigenvalue weighted by molar-refractivity contribution is -0.110. The van der Waals surface area contributed by atoms with E-state index in [0.29, 0.717) is 17.3 Å². The first-order valence-corrected chi connectivity index (χ1v) is 8.87. The summed E-state index contributed by atoms with van der Waals surface area (Å²) in [4.78, 5) is 16.7. The molecule has 0 fully saturated rings. The van der Waals surface area contributed by atoms with Crippen LogP contribution in [0.15, 0.2) is 77.3 Å². The summed E-state index contributed by atoms with van der Waals surface area (Å²) in [5.74, 6) is -0.200. The monoisotopic (exact) mass is 348 g/mol. The minimum Gasteiger partial charge on any atom is -0.297 e. The van der Waals surface area contributed by atoms with Crippen molar-refractivity contribution in [2.24, 2.45) is 5.10 Å². The van der Waals surface area contributed by atoms with Gasteiger partial charge in [-0.3, -0.25) is 15.1 Å². The van der Waals surface area contributed by atoms with Crippen molar-refractivity contribution in [1.82, 2.24) is 4.98 Å². The minimum atomic E-state index is -0.200. The zero-order chi connectivity index (χ0) is 17.1. The Morgan fingerprint density at radius 2 is 1.80 bits per heavy atom. The van der Waals surface area contributed by atoms with Crippen LogP contribution in [0.2, 0.25) is 0 Å². The molecule has 0 bridgehead atoms. The van der Waals surface area contributed by atoms with Gasteiger partial charge in [0.2, 0.25) is 0 Å². The molecule has 1 aliphatic heterocycles. The maximum absolute atomic E-state index is 12.6. The third-order valence-electron chi connectivity index (χ3n) is 4.03. The van der Waals surface area contributed by atoms with Gasteiger partial charge < -0.3 is 0 Å². The predicted molar refractivity (Wildman–Crippen MR) is 101 cm³/mol. The summed E-state index contributed by atoms with van der Waals surface area (Å²) in [7, 11) is 0.